The van der Waals surface area contributed by atoms with Crippen molar-refractivity contribution >= 4 is 5.91 Å². The minimum absolute atomic E-state index is 0.0965. The highest BCUT2D eigenvalue weighted by molar-refractivity contribution is 5.78. The van der Waals surface area contributed by atoms with Crippen LogP contribution in [0.2, 0.25) is 0 Å². The van der Waals surface area contributed by atoms with Crippen LogP contribution in [-0.4, -0.2) is 23.7 Å². The molecule has 1 N–H and O–H groups in total. The standard InChI is InChI=1S/C20H21F3N2O2/c1-12(17-9-8-16(11-24-17)27-20(23)19(21)22)25-18(26)10-13-2-4-14(5-3-13)15-6-7-15/h2-5,8-9,11-12,15,19-20H,6-7,10H2,1H3,(H,25,26). The Morgan fingerprint density at radius 3 is 2.44 bits per heavy atom. The lowest BCUT2D eigenvalue weighted by Crippen LogP contribution is -2.28. The SMILES string of the molecule is CC(NC(=O)Cc1ccc(C2CC2)cc1)c1ccc(OC(F)C(F)F)cn1. The van der Waals surface area contributed by atoms with E-state index in [1.807, 2.05) is 12.1 Å². The molecule has 2 unspecified atom stereocenters. The molecular weight excluding hydrogens is 357 g/mol. The minimum Gasteiger partial charge on any atom is -0.453 e. The number of nitrogens with one attached hydrogen (secondary N) is 1. The summed E-state index contributed by atoms with van der Waals surface area (Å²) < 4.78 is 41.6. The number of rotatable bonds is 8. The Balaban J connectivity index is 1.51. The molecule has 4 nitrogen and oxygen atoms in total. The summed E-state index contributed by atoms with van der Waals surface area (Å²) in [6.07, 6.45) is -2.02. The van der Waals surface area contributed by atoms with Crippen molar-refractivity contribution in [2.45, 2.75) is 50.9 Å². The molecule has 1 aromatic carbocycles. The van der Waals surface area contributed by atoms with E-state index in [0.717, 1.165) is 11.8 Å². The highest BCUT2D eigenvalue weighted by Gasteiger charge is 2.23. The average Bonchev–Trinajstić information content (AvgIpc) is 3.48. The van der Waals surface area contributed by atoms with Crippen LogP contribution >= 0.6 is 0 Å². The van der Waals surface area contributed by atoms with Crippen molar-refractivity contribution in [3.05, 3.63) is 59.4 Å². The first-order chi connectivity index (χ1) is 12.9. The fraction of sp³-hybridized carbons (Fsp3) is 0.400. The fourth-order valence-corrected chi connectivity index (χ4v) is 2.78. The van der Waals surface area contributed by atoms with E-state index < -0.39 is 12.8 Å². The van der Waals surface area contributed by atoms with Gasteiger partial charge in [-0.3, -0.25) is 9.78 Å². The average molecular weight is 378 g/mol. The zero-order chi connectivity index (χ0) is 19.4. The predicted octanol–water partition coefficient (Wildman–Crippen LogP) is 4.32. The molecule has 0 saturated heterocycles. The molecule has 0 radical (unpaired) electrons. The van der Waals surface area contributed by atoms with Crippen LogP contribution < -0.4 is 10.1 Å². The van der Waals surface area contributed by atoms with E-state index >= 15 is 0 Å². The van der Waals surface area contributed by atoms with Gasteiger partial charge in [0.05, 0.1) is 24.4 Å². The number of ether oxygens (including phenoxy) is 1. The third-order valence-corrected chi connectivity index (χ3v) is 4.42. The Bertz CT molecular complexity index is 762. The maximum Gasteiger partial charge on any atom is 0.304 e. The van der Waals surface area contributed by atoms with Gasteiger partial charge in [0.25, 0.3) is 6.36 Å². The molecule has 0 bridgehead atoms. The van der Waals surface area contributed by atoms with Gasteiger partial charge in [-0.25, -0.2) is 8.78 Å². The molecule has 144 valence electrons. The second-order valence-corrected chi connectivity index (χ2v) is 6.70. The molecule has 1 saturated carbocycles. The van der Waals surface area contributed by atoms with Crippen molar-refractivity contribution in [3.8, 4) is 5.75 Å². The zero-order valence-electron chi connectivity index (χ0n) is 14.9. The van der Waals surface area contributed by atoms with Crippen molar-refractivity contribution in [2.75, 3.05) is 0 Å². The molecular formula is C20H21F3N2O2. The van der Waals surface area contributed by atoms with Crippen molar-refractivity contribution in [2.24, 2.45) is 0 Å². The lowest BCUT2D eigenvalue weighted by Gasteiger charge is -2.15. The molecule has 1 amide bonds. The third-order valence-electron chi connectivity index (χ3n) is 4.42. The van der Waals surface area contributed by atoms with Crippen molar-refractivity contribution in [3.63, 3.8) is 0 Å². The molecule has 1 fully saturated rings. The summed E-state index contributed by atoms with van der Waals surface area (Å²) in [4.78, 5) is 16.3. The van der Waals surface area contributed by atoms with Gasteiger partial charge in [-0.2, -0.15) is 4.39 Å². The van der Waals surface area contributed by atoms with Gasteiger partial charge in [0.15, 0.2) is 0 Å². The van der Waals surface area contributed by atoms with E-state index in [4.69, 9.17) is 0 Å². The van der Waals surface area contributed by atoms with Crippen LogP contribution in [0.1, 0.15) is 48.5 Å². The lowest BCUT2D eigenvalue weighted by molar-refractivity contribution is -0.121. The van der Waals surface area contributed by atoms with Gasteiger partial charge < -0.3 is 10.1 Å². The summed E-state index contributed by atoms with van der Waals surface area (Å²) in [5, 5.41) is 2.84. The Morgan fingerprint density at radius 2 is 1.89 bits per heavy atom. The van der Waals surface area contributed by atoms with E-state index in [2.05, 4.69) is 27.2 Å². The van der Waals surface area contributed by atoms with Gasteiger partial charge in [-0.05, 0) is 48.9 Å². The second kappa shape index (κ2) is 8.41. The zero-order valence-corrected chi connectivity index (χ0v) is 14.9. The molecule has 2 aromatic rings. The number of aromatic nitrogens is 1. The first-order valence-electron chi connectivity index (χ1n) is 8.85. The number of hydrogen-bond donors (Lipinski definition) is 1. The van der Waals surface area contributed by atoms with E-state index in [9.17, 15) is 18.0 Å². The highest BCUT2D eigenvalue weighted by Crippen LogP contribution is 2.39. The monoisotopic (exact) mass is 378 g/mol. The Morgan fingerprint density at radius 1 is 1.19 bits per heavy atom. The fourth-order valence-electron chi connectivity index (χ4n) is 2.78. The lowest BCUT2D eigenvalue weighted by atomic mass is 10.1. The van der Waals surface area contributed by atoms with Crippen LogP contribution in [0.4, 0.5) is 13.2 Å². The van der Waals surface area contributed by atoms with E-state index in [1.165, 1.54) is 30.5 Å². The van der Waals surface area contributed by atoms with Crippen LogP contribution in [-0.2, 0) is 11.2 Å². The maximum absolute atomic E-state index is 12.9. The van der Waals surface area contributed by atoms with E-state index in [1.54, 1.807) is 6.92 Å². The number of carbonyl (C=O) groups is 1. The summed E-state index contributed by atoms with van der Waals surface area (Å²) in [7, 11) is 0. The Kier molecular flexibility index (Phi) is 5.98. The van der Waals surface area contributed by atoms with Crippen LogP contribution in [0.25, 0.3) is 0 Å². The Labute approximate surface area is 155 Å². The molecule has 1 aliphatic carbocycles. The number of alkyl halides is 3. The van der Waals surface area contributed by atoms with Crippen molar-refractivity contribution in [1.29, 1.82) is 0 Å². The van der Waals surface area contributed by atoms with Gasteiger partial charge in [0.1, 0.15) is 5.75 Å². The molecule has 0 spiro atoms. The largest absolute Gasteiger partial charge is 0.453 e. The topological polar surface area (TPSA) is 51.2 Å². The number of pyridine rings is 1. The molecule has 1 aliphatic rings. The summed E-state index contributed by atoms with van der Waals surface area (Å²) in [5.74, 6) is 0.436. The van der Waals surface area contributed by atoms with Crippen LogP contribution in [0, 0.1) is 0 Å². The molecule has 0 aliphatic heterocycles. The van der Waals surface area contributed by atoms with Gasteiger partial charge in [0.2, 0.25) is 5.91 Å². The number of hydrogen-bond acceptors (Lipinski definition) is 3. The predicted molar refractivity (Wildman–Crippen MR) is 94.4 cm³/mol. The number of carbonyl (C=O) groups excluding carboxylic acids is 1. The molecule has 27 heavy (non-hydrogen) atoms. The van der Waals surface area contributed by atoms with Crippen LogP contribution in [0.5, 0.6) is 5.75 Å². The number of amides is 1. The number of halogens is 3. The normalized spacial score (nSPS) is 16.0. The van der Waals surface area contributed by atoms with E-state index in [-0.39, 0.29) is 24.1 Å². The molecule has 1 heterocycles. The van der Waals surface area contributed by atoms with Gasteiger partial charge in [-0.1, -0.05) is 24.3 Å². The first kappa shape index (κ1) is 19.2. The number of nitrogens with zero attached hydrogens (tertiary/aromatic N) is 1. The first-order valence-corrected chi connectivity index (χ1v) is 8.85. The molecule has 1 aromatic heterocycles. The minimum atomic E-state index is -3.22. The smallest absolute Gasteiger partial charge is 0.304 e. The Hall–Kier alpha value is -2.57. The highest BCUT2D eigenvalue weighted by atomic mass is 19.3. The van der Waals surface area contributed by atoms with E-state index in [0.29, 0.717) is 11.6 Å². The summed E-state index contributed by atoms with van der Waals surface area (Å²) in [5.41, 5.74) is 2.77. The van der Waals surface area contributed by atoms with Crippen molar-refractivity contribution in [1.82, 2.24) is 10.3 Å². The summed E-state index contributed by atoms with van der Waals surface area (Å²) in [6.45, 7) is 1.76. The summed E-state index contributed by atoms with van der Waals surface area (Å²) >= 11 is 0. The van der Waals surface area contributed by atoms with Crippen molar-refractivity contribution < 1.29 is 22.7 Å². The van der Waals surface area contributed by atoms with Gasteiger partial charge in [0, 0.05) is 0 Å². The molecule has 2 atom stereocenters. The molecule has 3 rings (SSSR count). The number of benzene rings is 1. The van der Waals surface area contributed by atoms with Crippen LogP contribution in [0.3, 0.4) is 0 Å². The second-order valence-electron chi connectivity index (χ2n) is 6.70. The van der Waals surface area contributed by atoms with Crippen LogP contribution in [0.15, 0.2) is 42.6 Å². The third kappa shape index (κ3) is 5.45. The molecule has 7 heteroatoms. The quantitative estimate of drug-likeness (QED) is 0.744. The summed E-state index contributed by atoms with van der Waals surface area (Å²) in [6, 6.07) is 10.5. The van der Waals surface area contributed by atoms with Gasteiger partial charge >= 0.3 is 6.43 Å². The van der Waals surface area contributed by atoms with Gasteiger partial charge in [-0.15, -0.1) is 0 Å². The maximum atomic E-state index is 12.9.